The Labute approximate surface area is 148 Å². The smallest absolute Gasteiger partial charge is 0.245 e. The van der Waals surface area contributed by atoms with Gasteiger partial charge in [0.2, 0.25) is 5.91 Å². The Balaban J connectivity index is 1.61. The molecule has 0 saturated carbocycles. The third-order valence-electron chi connectivity index (χ3n) is 2.89. The Morgan fingerprint density at radius 2 is 1.82 bits per heavy atom. The van der Waals surface area contributed by atoms with Crippen molar-refractivity contribution in [3.8, 4) is 0 Å². The number of aromatic nitrogens is 1. The van der Waals surface area contributed by atoms with Crippen LogP contribution in [-0.2, 0) is 4.79 Å². The van der Waals surface area contributed by atoms with E-state index in [1.165, 1.54) is 11.3 Å². The van der Waals surface area contributed by atoms with Crippen LogP contribution in [0.4, 0.5) is 10.8 Å². The quantitative estimate of drug-likeness (QED) is 0.608. The van der Waals surface area contributed by atoms with Gasteiger partial charge in [-0.1, -0.05) is 43.2 Å². The van der Waals surface area contributed by atoms with Crippen molar-refractivity contribution in [1.82, 2.24) is 4.98 Å². The van der Waals surface area contributed by atoms with E-state index in [4.69, 9.17) is 0 Å². The lowest BCUT2D eigenvalue weighted by Crippen LogP contribution is -2.21. The number of benzene rings is 2. The Morgan fingerprint density at radius 1 is 1.09 bits per heavy atom. The zero-order valence-electron chi connectivity index (χ0n) is 11.3. The first kappa shape index (κ1) is 15.5. The van der Waals surface area contributed by atoms with E-state index < -0.39 is 0 Å². The molecule has 7 heteroatoms. The molecule has 0 bridgehead atoms. The predicted octanol–water partition coefficient (Wildman–Crippen LogP) is 4.87. The second kappa shape index (κ2) is 6.76. The van der Waals surface area contributed by atoms with Gasteiger partial charge in [-0.25, -0.2) is 4.98 Å². The van der Waals surface area contributed by atoms with E-state index in [1.54, 1.807) is 0 Å². The van der Waals surface area contributed by atoms with Crippen molar-refractivity contribution in [3.05, 3.63) is 51.4 Å². The fourth-order valence-corrected chi connectivity index (χ4v) is 3.56. The molecule has 0 unspecified atom stereocenters. The summed E-state index contributed by atoms with van der Waals surface area (Å²) in [6.45, 7) is 0.196. The van der Waals surface area contributed by atoms with Crippen LogP contribution in [0.3, 0.4) is 0 Å². The fourth-order valence-electron chi connectivity index (χ4n) is 1.87. The molecule has 1 amide bonds. The summed E-state index contributed by atoms with van der Waals surface area (Å²) in [6.07, 6.45) is 0. The zero-order valence-corrected chi connectivity index (χ0v) is 15.3. The van der Waals surface area contributed by atoms with Gasteiger partial charge in [-0.05, 0) is 42.5 Å². The maximum absolute atomic E-state index is 12.0. The summed E-state index contributed by atoms with van der Waals surface area (Å²) in [5.41, 5.74) is 1.77. The molecule has 0 spiro atoms. The second-order valence-electron chi connectivity index (χ2n) is 4.54. The van der Waals surface area contributed by atoms with E-state index in [1.807, 2.05) is 42.5 Å². The summed E-state index contributed by atoms with van der Waals surface area (Å²) in [5, 5.41) is 6.49. The minimum absolute atomic E-state index is 0.124. The lowest BCUT2D eigenvalue weighted by molar-refractivity contribution is -0.114. The average Bonchev–Trinajstić information content (AvgIpc) is 2.88. The molecule has 1 aromatic heterocycles. The minimum atomic E-state index is -0.124. The number of anilines is 2. The first-order chi connectivity index (χ1) is 10.6. The molecular weight excluding hydrogens is 430 g/mol. The molecule has 3 aromatic rings. The van der Waals surface area contributed by atoms with Crippen LogP contribution >= 0.6 is 43.2 Å². The molecule has 1 heterocycles. The Kier molecular flexibility index (Phi) is 4.75. The summed E-state index contributed by atoms with van der Waals surface area (Å²) in [4.78, 5) is 16.4. The maximum atomic E-state index is 12.0. The average molecular weight is 441 g/mol. The first-order valence-electron chi connectivity index (χ1n) is 6.45. The Morgan fingerprint density at radius 3 is 2.59 bits per heavy atom. The van der Waals surface area contributed by atoms with Gasteiger partial charge in [0.1, 0.15) is 0 Å². The van der Waals surface area contributed by atoms with Crippen molar-refractivity contribution in [2.45, 2.75) is 0 Å². The van der Waals surface area contributed by atoms with Crippen molar-refractivity contribution < 1.29 is 4.79 Å². The van der Waals surface area contributed by atoms with E-state index >= 15 is 0 Å². The number of nitrogens with one attached hydrogen (secondary N) is 2. The highest BCUT2D eigenvalue weighted by Gasteiger charge is 2.08. The van der Waals surface area contributed by atoms with E-state index in [-0.39, 0.29) is 12.5 Å². The zero-order chi connectivity index (χ0) is 15.5. The van der Waals surface area contributed by atoms with E-state index in [9.17, 15) is 4.79 Å². The second-order valence-corrected chi connectivity index (χ2v) is 7.40. The number of rotatable bonds is 4. The molecule has 112 valence electrons. The summed E-state index contributed by atoms with van der Waals surface area (Å²) in [7, 11) is 0. The number of nitrogens with zero attached hydrogens (tertiary/aromatic N) is 1. The van der Waals surface area contributed by atoms with E-state index in [0.717, 1.165) is 24.8 Å². The molecule has 22 heavy (non-hydrogen) atoms. The summed E-state index contributed by atoms with van der Waals surface area (Å²) < 4.78 is 3.03. The van der Waals surface area contributed by atoms with Crippen LogP contribution in [0, 0.1) is 0 Å². The van der Waals surface area contributed by atoms with Crippen LogP contribution in [0.1, 0.15) is 0 Å². The van der Waals surface area contributed by atoms with Crippen molar-refractivity contribution in [2.75, 3.05) is 17.2 Å². The molecule has 3 rings (SSSR count). The summed E-state index contributed by atoms with van der Waals surface area (Å²) >= 11 is 8.26. The minimum Gasteiger partial charge on any atom is -0.376 e. The van der Waals surface area contributed by atoms with E-state index in [2.05, 4.69) is 47.5 Å². The van der Waals surface area contributed by atoms with Crippen LogP contribution in [0.5, 0.6) is 0 Å². The summed E-state index contributed by atoms with van der Waals surface area (Å²) in [5.74, 6) is -0.124. The Bertz CT molecular complexity index is 817. The fraction of sp³-hybridized carbons (Fsp3) is 0.0667. The van der Waals surface area contributed by atoms with Gasteiger partial charge in [-0.2, -0.15) is 0 Å². The molecule has 0 aliphatic heterocycles. The number of carbonyl (C=O) groups excluding carboxylic acids is 1. The standard InChI is InChI=1S/C15H11Br2N3OS/c16-9-1-4-11(5-2-9)18-8-14(21)20-15-19-12-6-3-10(17)7-13(12)22-15/h1-7,18H,8H2,(H,19,20,21). The summed E-state index contributed by atoms with van der Waals surface area (Å²) in [6, 6.07) is 13.5. The van der Waals surface area contributed by atoms with Crippen molar-refractivity contribution in [1.29, 1.82) is 0 Å². The molecule has 0 aliphatic rings. The highest BCUT2D eigenvalue weighted by Crippen LogP contribution is 2.28. The van der Waals surface area contributed by atoms with Gasteiger partial charge in [0.25, 0.3) is 0 Å². The van der Waals surface area contributed by atoms with Crippen LogP contribution < -0.4 is 10.6 Å². The maximum Gasteiger partial charge on any atom is 0.245 e. The third-order valence-corrected chi connectivity index (χ3v) is 4.85. The van der Waals surface area contributed by atoms with Crippen LogP contribution in [0.2, 0.25) is 0 Å². The molecule has 0 fully saturated rings. The SMILES string of the molecule is O=C(CNc1ccc(Br)cc1)Nc1nc2ccc(Br)cc2s1. The van der Waals surface area contributed by atoms with Gasteiger partial charge in [-0.3, -0.25) is 4.79 Å². The monoisotopic (exact) mass is 439 g/mol. The molecule has 2 aromatic carbocycles. The van der Waals surface area contributed by atoms with Gasteiger partial charge >= 0.3 is 0 Å². The van der Waals surface area contributed by atoms with Gasteiger partial charge in [0.15, 0.2) is 5.13 Å². The van der Waals surface area contributed by atoms with E-state index in [0.29, 0.717) is 5.13 Å². The first-order valence-corrected chi connectivity index (χ1v) is 8.86. The van der Waals surface area contributed by atoms with Gasteiger partial charge in [0.05, 0.1) is 16.8 Å². The van der Waals surface area contributed by atoms with Crippen LogP contribution in [0.15, 0.2) is 51.4 Å². The normalized spacial score (nSPS) is 10.6. The largest absolute Gasteiger partial charge is 0.376 e. The predicted molar refractivity (Wildman–Crippen MR) is 98.6 cm³/mol. The number of halogens is 2. The number of carbonyl (C=O) groups is 1. The van der Waals surface area contributed by atoms with Gasteiger partial charge < -0.3 is 10.6 Å². The number of fused-ring (bicyclic) bond motifs is 1. The molecule has 0 atom stereocenters. The molecule has 0 radical (unpaired) electrons. The number of hydrogen-bond donors (Lipinski definition) is 2. The lowest BCUT2D eigenvalue weighted by atomic mass is 10.3. The topological polar surface area (TPSA) is 54.0 Å². The lowest BCUT2D eigenvalue weighted by Gasteiger charge is -2.05. The van der Waals surface area contributed by atoms with Gasteiger partial charge in [-0.15, -0.1) is 0 Å². The third kappa shape index (κ3) is 3.85. The molecule has 0 aliphatic carbocycles. The van der Waals surface area contributed by atoms with Crippen molar-refractivity contribution in [2.24, 2.45) is 0 Å². The molecule has 2 N–H and O–H groups in total. The van der Waals surface area contributed by atoms with Gasteiger partial charge in [0, 0.05) is 14.6 Å². The number of amides is 1. The number of hydrogen-bond acceptors (Lipinski definition) is 4. The molecule has 0 saturated heterocycles. The van der Waals surface area contributed by atoms with Crippen molar-refractivity contribution in [3.63, 3.8) is 0 Å². The molecular formula is C15H11Br2N3OS. The number of thiazole rings is 1. The van der Waals surface area contributed by atoms with Crippen LogP contribution in [0.25, 0.3) is 10.2 Å². The van der Waals surface area contributed by atoms with Crippen LogP contribution in [-0.4, -0.2) is 17.4 Å². The Hall–Kier alpha value is -1.44. The highest BCUT2D eigenvalue weighted by molar-refractivity contribution is 9.10. The highest BCUT2D eigenvalue weighted by atomic mass is 79.9. The molecule has 4 nitrogen and oxygen atoms in total. The van der Waals surface area contributed by atoms with Crippen molar-refractivity contribution >= 4 is 70.1 Å².